The van der Waals surface area contributed by atoms with E-state index in [2.05, 4.69) is 33.8 Å². The second-order valence-corrected chi connectivity index (χ2v) is 11.5. The van der Waals surface area contributed by atoms with Crippen LogP contribution in [0.3, 0.4) is 0 Å². The summed E-state index contributed by atoms with van der Waals surface area (Å²) in [5.74, 6) is 0.391. The summed E-state index contributed by atoms with van der Waals surface area (Å²) in [4.78, 5) is 42.1. The van der Waals surface area contributed by atoms with Crippen LogP contribution < -0.4 is 9.64 Å². The van der Waals surface area contributed by atoms with Crippen molar-refractivity contribution in [1.29, 1.82) is 0 Å². The number of rotatable bonds is 9. The first kappa shape index (κ1) is 28.0. The first-order valence-electron chi connectivity index (χ1n) is 15.4. The molecular weight excluding hydrogens is 550 g/mol. The standard InChI is InChI=1S/C36H35N5O3/c1-2-3-18-41-35(42)29-13-6-12-28-31(16-15-30(33(28)29)36(41)43)40-21-19-39(20-22-40)23-26-10-5-11-27(38-26)24-44-32-14-4-8-25-9-7-17-37-34(25)32/h4-17H,2-3,18-24H2,1H3. The molecule has 0 spiro atoms. The highest BCUT2D eigenvalue weighted by Gasteiger charge is 2.33. The van der Waals surface area contributed by atoms with Gasteiger partial charge in [-0.05, 0) is 48.9 Å². The number of fused-ring (bicyclic) bond motifs is 1. The molecule has 1 fully saturated rings. The normalized spacial score (nSPS) is 15.4. The third-order valence-corrected chi connectivity index (χ3v) is 8.64. The van der Waals surface area contributed by atoms with Gasteiger partial charge in [0.25, 0.3) is 11.8 Å². The molecule has 0 unspecified atom stereocenters. The average Bonchev–Trinajstić information content (AvgIpc) is 3.06. The number of hydrogen-bond acceptors (Lipinski definition) is 7. The second-order valence-electron chi connectivity index (χ2n) is 11.5. The predicted octanol–water partition coefficient (Wildman–Crippen LogP) is 6.08. The Morgan fingerprint density at radius 2 is 1.55 bits per heavy atom. The van der Waals surface area contributed by atoms with Gasteiger partial charge in [0, 0.05) is 78.4 Å². The van der Waals surface area contributed by atoms with E-state index in [4.69, 9.17) is 9.72 Å². The van der Waals surface area contributed by atoms with E-state index in [1.54, 1.807) is 6.20 Å². The van der Waals surface area contributed by atoms with Crippen molar-refractivity contribution >= 4 is 39.2 Å². The Morgan fingerprint density at radius 1 is 0.795 bits per heavy atom. The van der Waals surface area contributed by atoms with E-state index in [9.17, 15) is 9.59 Å². The Bertz CT molecular complexity index is 1840. The quantitative estimate of drug-likeness (QED) is 0.194. The summed E-state index contributed by atoms with van der Waals surface area (Å²) in [6.45, 7) is 7.13. The van der Waals surface area contributed by atoms with E-state index in [1.165, 1.54) is 4.90 Å². The molecule has 2 aliphatic rings. The maximum absolute atomic E-state index is 13.3. The van der Waals surface area contributed by atoms with Crippen molar-refractivity contribution in [1.82, 2.24) is 19.8 Å². The molecule has 7 rings (SSSR count). The third kappa shape index (κ3) is 5.26. The van der Waals surface area contributed by atoms with Crippen LogP contribution in [0.5, 0.6) is 5.75 Å². The van der Waals surface area contributed by atoms with Crippen molar-refractivity contribution in [2.75, 3.05) is 37.6 Å². The SMILES string of the molecule is CCCCN1C(=O)c2cccc3c(N4CCN(Cc5cccc(COc6cccc7cccnc67)n5)CC4)ccc(c23)C1=O. The van der Waals surface area contributed by atoms with Gasteiger partial charge in [-0.1, -0.05) is 49.7 Å². The van der Waals surface area contributed by atoms with Crippen molar-refractivity contribution in [3.05, 3.63) is 108 Å². The number of para-hydroxylation sites is 1. The van der Waals surface area contributed by atoms with Crippen molar-refractivity contribution in [3.63, 3.8) is 0 Å². The highest BCUT2D eigenvalue weighted by molar-refractivity contribution is 6.26. The van der Waals surface area contributed by atoms with E-state index in [0.29, 0.717) is 24.3 Å². The topological polar surface area (TPSA) is 78.9 Å². The van der Waals surface area contributed by atoms with Gasteiger partial charge in [0.05, 0.1) is 11.4 Å². The van der Waals surface area contributed by atoms with Gasteiger partial charge in [-0.15, -0.1) is 0 Å². The maximum Gasteiger partial charge on any atom is 0.261 e. The number of ether oxygens (including phenoxy) is 1. The van der Waals surface area contributed by atoms with Gasteiger partial charge < -0.3 is 9.64 Å². The molecule has 3 aromatic carbocycles. The summed E-state index contributed by atoms with van der Waals surface area (Å²) in [7, 11) is 0. The number of amides is 2. The summed E-state index contributed by atoms with van der Waals surface area (Å²) >= 11 is 0. The molecule has 5 aromatic rings. The van der Waals surface area contributed by atoms with Gasteiger partial charge in [0.1, 0.15) is 17.9 Å². The minimum Gasteiger partial charge on any atom is -0.485 e. The third-order valence-electron chi connectivity index (χ3n) is 8.64. The Balaban J connectivity index is 1.02. The van der Waals surface area contributed by atoms with Crippen molar-refractivity contribution in [2.24, 2.45) is 0 Å². The number of carbonyl (C=O) groups excluding carboxylic acids is 2. The molecule has 2 amide bonds. The van der Waals surface area contributed by atoms with Gasteiger partial charge in [0.15, 0.2) is 0 Å². The number of benzene rings is 3. The van der Waals surface area contributed by atoms with Crippen LogP contribution in [0.15, 0.2) is 85.1 Å². The van der Waals surface area contributed by atoms with Crippen LogP contribution in [0.25, 0.3) is 21.7 Å². The number of imide groups is 1. The molecule has 8 heteroatoms. The molecule has 222 valence electrons. The van der Waals surface area contributed by atoms with Crippen molar-refractivity contribution in [3.8, 4) is 5.75 Å². The fraction of sp³-hybridized carbons (Fsp3) is 0.278. The molecule has 0 saturated carbocycles. The fourth-order valence-corrected chi connectivity index (χ4v) is 6.34. The van der Waals surface area contributed by atoms with Crippen LogP contribution >= 0.6 is 0 Å². The molecule has 4 heterocycles. The number of nitrogens with zero attached hydrogens (tertiary/aromatic N) is 5. The number of aromatic nitrogens is 2. The van der Waals surface area contributed by atoms with E-state index in [-0.39, 0.29) is 11.8 Å². The van der Waals surface area contributed by atoms with E-state index < -0.39 is 0 Å². The predicted molar refractivity (Wildman–Crippen MR) is 172 cm³/mol. The molecule has 2 aliphatic heterocycles. The summed E-state index contributed by atoms with van der Waals surface area (Å²) < 4.78 is 6.12. The van der Waals surface area contributed by atoms with Gasteiger partial charge in [-0.25, -0.2) is 0 Å². The van der Waals surface area contributed by atoms with Crippen LogP contribution in [-0.2, 0) is 13.2 Å². The van der Waals surface area contributed by atoms with Gasteiger partial charge in [-0.3, -0.25) is 29.4 Å². The Labute approximate surface area is 256 Å². The van der Waals surface area contributed by atoms with E-state index >= 15 is 0 Å². The summed E-state index contributed by atoms with van der Waals surface area (Å²) in [6.07, 6.45) is 3.52. The van der Waals surface area contributed by atoms with Crippen LogP contribution in [0.1, 0.15) is 51.9 Å². The summed E-state index contributed by atoms with van der Waals surface area (Å²) in [5.41, 5.74) is 5.08. The molecule has 0 N–H and O–H groups in total. The first-order chi connectivity index (χ1) is 21.6. The van der Waals surface area contributed by atoms with Crippen LogP contribution in [0.2, 0.25) is 0 Å². The second kappa shape index (κ2) is 12.1. The summed E-state index contributed by atoms with van der Waals surface area (Å²) in [5, 5.41) is 2.81. The lowest BCUT2D eigenvalue weighted by molar-refractivity contribution is 0.0608. The van der Waals surface area contributed by atoms with Crippen LogP contribution in [0.4, 0.5) is 5.69 Å². The number of unbranched alkanes of at least 4 members (excludes halogenated alkanes) is 1. The molecule has 0 atom stereocenters. The zero-order chi connectivity index (χ0) is 30.0. The van der Waals surface area contributed by atoms with Crippen molar-refractivity contribution < 1.29 is 14.3 Å². The fourth-order valence-electron chi connectivity index (χ4n) is 6.34. The first-order valence-corrected chi connectivity index (χ1v) is 15.4. The molecule has 1 saturated heterocycles. The zero-order valence-electron chi connectivity index (χ0n) is 24.9. The van der Waals surface area contributed by atoms with Crippen LogP contribution in [0, 0.1) is 0 Å². The molecule has 2 aromatic heterocycles. The number of carbonyl (C=O) groups is 2. The average molecular weight is 586 g/mol. The van der Waals surface area contributed by atoms with Crippen molar-refractivity contribution in [2.45, 2.75) is 32.9 Å². The smallest absolute Gasteiger partial charge is 0.261 e. The van der Waals surface area contributed by atoms with Crippen LogP contribution in [-0.4, -0.2) is 64.3 Å². The lowest BCUT2D eigenvalue weighted by atomic mass is 9.92. The lowest BCUT2D eigenvalue weighted by Gasteiger charge is -2.37. The summed E-state index contributed by atoms with van der Waals surface area (Å²) in [6, 6.07) is 25.8. The molecule has 0 bridgehead atoms. The zero-order valence-corrected chi connectivity index (χ0v) is 24.9. The van der Waals surface area contributed by atoms with Gasteiger partial charge in [0.2, 0.25) is 0 Å². The highest BCUT2D eigenvalue weighted by Crippen LogP contribution is 2.36. The lowest BCUT2D eigenvalue weighted by Crippen LogP contribution is -2.46. The number of anilines is 1. The Morgan fingerprint density at radius 3 is 2.39 bits per heavy atom. The Hall–Kier alpha value is -4.82. The van der Waals surface area contributed by atoms with Gasteiger partial charge >= 0.3 is 0 Å². The maximum atomic E-state index is 13.3. The molecule has 0 radical (unpaired) electrons. The number of piperazine rings is 1. The van der Waals surface area contributed by atoms with E-state index in [0.717, 1.165) is 90.1 Å². The van der Waals surface area contributed by atoms with E-state index in [1.807, 2.05) is 66.7 Å². The number of pyridine rings is 2. The van der Waals surface area contributed by atoms with Gasteiger partial charge in [-0.2, -0.15) is 0 Å². The molecule has 0 aliphatic carbocycles. The number of hydrogen-bond donors (Lipinski definition) is 0. The molecule has 8 nitrogen and oxygen atoms in total. The minimum atomic E-state index is -0.183. The minimum absolute atomic E-state index is 0.183. The highest BCUT2D eigenvalue weighted by atomic mass is 16.5. The molecule has 44 heavy (non-hydrogen) atoms. The largest absolute Gasteiger partial charge is 0.485 e. The Kier molecular flexibility index (Phi) is 7.66. The molecular formula is C36H35N5O3. The monoisotopic (exact) mass is 585 g/mol.